The van der Waals surface area contributed by atoms with E-state index in [1.54, 1.807) is 43.3 Å². The normalized spacial score (nSPS) is 17.6. The van der Waals surface area contributed by atoms with Gasteiger partial charge in [-0.2, -0.15) is 0 Å². The Labute approximate surface area is 182 Å². The molecule has 1 N–H and O–H groups in total. The summed E-state index contributed by atoms with van der Waals surface area (Å²) in [4.78, 5) is 37.9. The van der Waals surface area contributed by atoms with Gasteiger partial charge in [0.1, 0.15) is 29.1 Å². The van der Waals surface area contributed by atoms with Crippen LogP contribution in [0.25, 0.3) is 5.76 Å². The fraction of sp³-hybridized carbons (Fsp3) is 0.130. The summed E-state index contributed by atoms with van der Waals surface area (Å²) >= 11 is 0. The molecule has 0 bridgehead atoms. The van der Waals surface area contributed by atoms with Gasteiger partial charge in [-0.3, -0.25) is 24.6 Å². The highest BCUT2D eigenvalue weighted by Gasteiger charge is 2.48. The molecule has 2 aromatic carbocycles. The Bertz CT molecular complexity index is 1270. The zero-order valence-electron chi connectivity index (χ0n) is 17.1. The van der Waals surface area contributed by atoms with Gasteiger partial charge >= 0.3 is 0 Å². The summed E-state index contributed by atoms with van der Waals surface area (Å²) in [6, 6.07) is 14.0. The van der Waals surface area contributed by atoms with Gasteiger partial charge in [0.25, 0.3) is 17.4 Å². The second kappa shape index (κ2) is 8.03. The minimum atomic E-state index is -1.07. The summed E-state index contributed by atoms with van der Waals surface area (Å²) in [5.41, 5.74) is -0.0890. The number of nitro benzene ring substituents is 1. The van der Waals surface area contributed by atoms with E-state index >= 15 is 0 Å². The number of aliphatic hydroxyl groups is 1. The molecule has 1 amide bonds. The Kier molecular flexibility index (Phi) is 5.23. The third-order valence-electron chi connectivity index (χ3n) is 5.14. The van der Waals surface area contributed by atoms with E-state index in [0.29, 0.717) is 17.2 Å². The molecule has 0 aliphatic carbocycles. The van der Waals surface area contributed by atoms with Crippen LogP contribution in [-0.4, -0.2) is 28.8 Å². The van der Waals surface area contributed by atoms with Gasteiger partial charge in [0.2, 0.25) is 0 Å². The van der Waals surface area contributed by atoms with Crippen LogP contribution in [0.3, 0.4) is 0 Å². The maximum Gasteiger partial charge on any atom is 0.300 e. The first-order chi connectivity index (χ1) is 15.3. The van der Waals surface area contributed by atoms with Crippen molar-refractivity contribution in [2.24, 2.45) is 0 Å². The number of carbonyl (C=O) groups excluding carboxylic acids is 2. The third kappa shape index (κ3) is 3.49. The number of rotatable bonds is 5. The monoisotopic (exact) mass is 434 g/mol. The van der Waals surface area contributed by atoms with Crippen molar-refractivity contribution in [3.8, 4) is 5.75 Å². The van der Waals surface area contributed by atoms with E-state index in [1.807, 2.05) is 0 Å². The van der Waals surface area contributed by atoms with Gasteiger partial charge < -0.3 is 14.3 Å². The zero-order chi connectivity index (χ0) is 23.0. The first kappa shape index (κ1) is 20.9. The Morgan fingerprint density at radius 3 is 2.53 bits per heavy atom. The van der Waals surface area contributed by atoms with Crippen LogP contribution in [0.1, 0.15) is 23.1 Å². The number of furan rings is 1. The molecule has 3 aromatic rings. The average Bonchev–Trinajstić information content (AvgIpc) is 3.34. The molecule has 1 aromatic heterocycles. The molecule has 1 aliphatic rings. The first-order valence-electron chi connectivity index (χ1n) is 9.58. The second-order valence-corrected chi connectivity index (χ2v) is 7.13. The highest BCUT2D eigenvalue weighted by atomic mass is 16.6. The van der Waals surface area contributed by atoms with E-state index in [2.05, 4.69) is 0 Å². The Balaban J connectivity index is 1.94. The van der Waals surface area contributed by atoms with Crippen molar-refractivity contribution in [1.29, 1.82) is 0 Å². The molecule has 32 heavy (non-hydrogen) atoms. The molecular formula is C23H18N2O7. The molecule has 0 saturated carbocycles. The molecular weight excluding hydrogens is 416 g/mol. The van der Waals surface area contributed by atoms with Gasteiger partial charge in [0.15, 0.2) is 0 Å². The predicted octanol–water partition coefficient (Wildman–Crippen LogP) is 4.13. The number of anilines is 1. The van der Waals surface area contributed by atoms with Crippen LogP contribution in [0.5, 0.6) is 5.75 Å². The number of ether oxygens (including phenoxy) is 1. The number of methoxy groups -OCH3 is 1. The van der Waals surface area contributed by atoms with Crippen molar-refractivity contribution in [3.63, 3.8) is 0 Å². The van der Waals surface area contributed by atoms with Crippen molar-refractivity contribution in [2.75, 3.05) is 12.0 Å². The number of nitro groups is 1. The summed E-state index contributed by atoms with van der Waals surface area (Å²) in [6.45, 7) is 1.71. The molecule has 2 heterocycles. The average molecular weight is 434 g/mol. The smallest absolute Gasteiger partial charge is 0.300 e. The molecule has 162 valence electrons. The van der Waals surface area contributed by atoms with E-state index in [-0.39, 0.29) is 22.6 Å². The molecule has 9 heteroatoms. The van der Waals surface area contributed by atoms with E-state index in [4.69, 9.17) is 9.15 Å². The molecule has 0 radical (unpaired) electrons. The summed E-state index contributed by atoms with van der Waals surface area (Å²) in [5.74, 6) is -1.06. The maximum absolute atomic E-state index is 13.1. The lowest BCUT2D eigenvalue weighted by atomic mass is 9.99. The van der Waals surface area contributed by atoms with Crippen LogP contribution in [0.15, 0.2) is 70.7 Å². The van der Waals surface area contributed by atoms with Gasteiger partial charge in [-0.05, 0) is 31.2 Å². The summed E-state index contributed by atoms with van der Waals surface area (Å²) in [7, 11) is 1.48. The van der Waals surface area contributed by atoms with Crippen LogP contribution in [0.2, 0.25) is 0 Å². The lowest BCUT2D eigenvalue weighted by Gasteiger charge is -2.23. The lowest BCUT2D eigenvalue weighted by molar-refractivity contribution is -0.384. The third-order valence-corrected chi connectivity index (χ3v) is 5.14. The molecule has 1 unspecified atom stereocenters. The fourth-order valence-electron chi connectivity index (χ4n) is 3.65. The Hall–Kier alpha value is -4.40. The number of carbonyl (C=O) groups is 2. The maximum atomic E-state index is 13.1. The highest BCUT2D eigenvalue weighted by molar-refractivity contribution is 6.51. The Morgan fingerprint density at radius 2 is 1.88 bits per heavy atom. The van der Waals surface area contributed by atoms with Crippen LogP contribution in [0, 0.1) is 17.0 Å². The summed E-state index contributed by atoms with van der Waals surface area (Å²) in [6.07, 6.45) is 0. The number of aliphatic hydroxyl groups excluding tert-OH is 1. The molecule has 1 saturated heterocycles. The van der Waals surface area contributed by atoms with Crippen molar-refractivity contribution in [3.05, 3.63) is 93.4 Å². The topological polar surface area (TPSA) is 123 Å². The number of non-ortho nitro benzene ring substituents is 1. The van der Waals surface area contributed by atoms with E-state index in [0.717, 1.165) is 6.07 Å². The SMILES string of the molecule is COc1cccc(N2C(=O)C(=O)/C(=C(\O)c3cccc([N+](=O)[O-])c3)C2c2ccc(C)o2)c1. The summed E-state index contributed by atoms with van der Waals surface area (Å²) in [5, 5.41) is 22.2. The number of aryl methyl sites for hydroxylation is 1. The number of Topliss-reactive ketones (excluding diaryl/α,β-unsaturated/α-hetero) is 1. The van der Waals surface area contributed by atoms with Crippen molar-refractivity contribution >= 4 is 28.8 Å². The molecule has 1 atom stereocenters. The first-order valence-corrected chi connectivity index (χ1v) is 9.58. The number of hydrogen-bond acceptors (Lipinski definition) is 7. The Morgan fingerprint density at radius 1 is 1.12 bits per heavy atom. The fourth-order valence-corrected chi connectivity index (χ4v) is 3.65. The van der Waals surface area contributed by atoms with Crippen molar-refractivity contribution in [1.82, 2.24) is 0 Å². The van der Waals surface area contributed by atoms with E-state index in [1.165, 1.54) is 30.2 Å². The number of amides is 1. The van der Waals surface area contributed by atoms with E-state index < -0.39 is 28.4 Å². The zero-order valence-corrected chi connectivity index (χ0v) is 17.1. The minimum absolute atomic E-state index is 0.0381. The van der Waals surface area contributed by atoms with Crippen LogP contribution in [0.4, 0.5) is 11.4 Å². The van der Waals surface area contributed by atoms with E-state index in [9.17, 15) is 24.8 Å². The molecule has 9 nitrogen and oxygen atoms in total. The second-order valence-electron chi connectivity index (χ2n) is 7.13. The molecule has 4 rings (SSSR count). The minimum Gasteiger partial charge on any atom is -0.507 e. The molecule has 0 spiro atoms. The molecule has 1 fully saturated rings. The molecule has 1 aliphatic heterocycles. The quantitative estimate of drug-likeness (QED) is 0.210. The van der Waals surface area contributed by atoms with Gasteiger partial charge in [-0.25, -0.2) is 0 Å². The van der Waals surface area contributed by atoms with Crippen LogP contribution in [-0.2, 0) is 9.59 Å². The lowest BCUT2D eigenvalue weighted by Crippen LogP contribution is -2.29. The number of hydrogen-bond donors (Lipinski definition) is 1. The standard InChI is InChI=1S/C23H18N2O7/c1-13-9-10-18(32-13)20-19(21(26)14-5-3-7-16(11-14)25(29)30)22(27)23(28)24(20)15-6-4-8-17(12-15)31-2/h3-12,20,26H,1-2H3/b21-19-. The number of nitrogens with zero attached hydrogens (tertiary/aromatic N) is 2. The van der Waals surface area contributed by atoms with Crippen LogP contribution < -0.4 is 9.64 Å². The largest absolute Gasteiger partial charge is 0.507 e. The number of ketones is 1. The van der Waals surface area contributed by atoms with Crippen molar-refractivity contribution < 1.29 is 28.8 Å². The summed E-state index contributed by atoms with van der Waals surface area (Å²) < 4.78 is 10.9. The number of benzene rings is 2. The van der Waals surface area contributed by atoms with Gasteiger partial charge in [-0.15, -0.1) is 0 Å². The van der Waals surface area contributed by atoms with Gasteiger partial charge in [-0.1, -0.05) is 18.2 Å². The highest BCUT2D eigenvalue weighted by Crippen LogP contribution is 2.43. The predicted molar refractivity (Wildman–Crippen MR) is 114 cm³/mol. The van der Waals surface area contributed by atoms with Crippen molar-refractivity contribution in [2.45, 2.75) is 13.0 Å². The van der Waals surface area contributed by atoms with Gasteiger partial charge in [0, 0.05) is 29.4 Å². The van der Waals surface area contributed by atoms with Crippen LogP contribution >= 0.6 is 0 Å². The van der Waals surface area contributed by atoms with Gasteiger partial charge in [0.05, 0.1) is 17.6 Å².